The van der Waals surface area contributed by atoms with Crippen molar-refractivity contribution in [3.63, 3.8) is 0 Å². The molecule has 0 fully saturated rings. The van der Waals surface area contributed by atoms with Crippen LogP contribution in [-0.2, 0) is 16.1 Å². The standard InChI is InChI=1S/C13H14O4/c1-3-8(2)12(14)17-10-5-4-9-7-16-13(15)11(9)6-10/h4-6,8H,3,7H2,1-2H3. The van der Waals surface area contributed by atoms with Crippen LogP contribution in [0, 0.1) is 5.92 Å². The molecule has 0 spiro atoms. The third kappa shape index (κ3) is 2.30. The van der Waals surface area contributed by atoms with Gasteiger partial charge in [0.25, 0.3) is 0 Å². The van der Waals surface area contributed by atoms with Crippen LogP contribution < -0.4 is 4.74 Å². The number of ether oxygens (including phenoxy) is 2. The largest absolute Gasteiger partial charge is 0.457 e. The smallest absolute Gasteiger partial charge is 0.339 e. The van der Waals surface area contributed by atoms with Crippen molar-refractivity contribution in [2.24, 2.45) is 5.92 Å². The van der Waals surface area contributed by atoms with Crippen molar-refractivity contribution < 1.29 is 19.1 Å². The summed E-state index contributed by atoms with van der Waals surface area (Å²) in [7, 11) is 0. The number of carbonyl (C=O) groups is 2. The third-order valence-electron chi connectivity index (χ3n) is 2.89. The molecule has 0 aliphatic carbocycles. The summed E-state index contributed by atoms with van der Waals surface area (Å²) in [6.45, 7) is 4.03. The highest BCUT2D eigenvalue weighted by molar-refractivity contribution is 5.94. The summed E-state index contributed by atoms with van der Waals surface area (Å²) in [5.41, 5.74) is 1.32. The van der Waals surface area contributed by atoms with Gasteiger partial charge in [-0.25, -0.2) is 4.79 Å². The van der Waals surface area contributed by atoms with Crippen LogP contribution in [0.1, 0.15) is 36.2 Å². The molecule has 0 saturated heterocycles. The second-order valence-corrected chi connectivity index (χ2v) is 4.13. The molecule has 2 rings (SSSR count). The predicted molar refractivity (Wildman–Crippen MR) is 60.7 cm³/mol. The minimum atomic E-state index is -0.360. The Bertz CT molecular complexity index is 464. The summed E-state index contributed by atoms with van der Waals surface area (Å²) in [5.74, 6) is -0.386. The molecule has 1 aliphatic heterocycles. The van der Waals surface area contributed by atoms with Gasteiger partial charge in [-0.1, -0.05) is 19.9 Å². The highest BCUT2D eigenvalue weighted by Crippen LogP contribution is 2.25. The summed E-state index contributed by atoms with van der Waals surface area (Å²) in [6, 6.07) is 4.99. The number of rotatable bonds is 3. The van der Waals surface area contributed by atoms with Gasteiger partial charge in [0.1, 0.15) is 12.4 Å². The third-order valence-corrected chi connectivity index (χ3v) is 2.89. The molecular formula is C13H14O4. The normalized spacial score (nSPS) is 15.1. The Balaban J connectivity index is 2.16. The first-order chi connectivity index (χ1) is 8.11. The molecule has 1 atom stereocenters. The Kier molecular flexibility index (Phi) is 3.13. The molecule has 0 aromatic heterocycles. The molecule has 1 heterocycles. The summed E-state index contributed by atoms with van der Waals surface area (Å²) in [6.07, 6.45) is 0.728. The zero-order chi connectivity index (χ0) is 12.4. The fourth-order valence-electron chi connectivity index (χ4n) is 1.54. The lowest BCUT2D eigenvalue weighted by atomic mass is 10.1. The first-order valence-electron chi connectivity index (χ1n) is 5.63. The highest BCUT2D eigenvalue weighted by atomic mass is 16.5. The van der Waals surface area contributed by atoms with Crippen molar-refractivity contribution in [3.05, 3.63) is 29.3 Å². The van der Waals surface area contributed by atoms with Crippen LogP contribution in [0.3, 0.4) is 0 Å². The van der Waals surface area contributed by atoms with E-state index >= 15 is 0 Å². The molecule has 1 aromatic carbocycles. The number of esters is 2. The maximum Gasteiger partial charge on any atom is 0.339 e. The number of fused-ring (bicyclic) bond motifs is 1. The minimum Gasteiger partial charge on any atom is -0.457 e. The minimum absolute atomic E-state index is 0.143. The molecule has 1 aromatic rings. The lowest BCUT2D eigenvalue weighted by Gasteiger charge is -2.09. The van der Waals surface area contributed by atoms with Gasteiger partial charge in [0.15, 0.2) is 0 Å². The van der Waals surface area contributed by atoms with Gasteiger partial charge in [0, 0.05) is 5.56 Å². The average molecular weight is 234 g/mol. The lowest BCUT2D eigenvalue weighted by molar-refractivity contribution is -0.138. The molecule has 90 valence electrons. The molecule has 0 amide bonds. The van der Waals surface area contributed by atoms with E-state index in [1.165, 1.54) is 0 Å². The molecular weight excluding hydrogens is 220 g/mol. The maximum absolute atomic E-state index is 11.6. The van der Waals surface area contributed by atoms with Gasteiger partial charge in [-0.3, -0.25) is 4.79 Å². The lowest BCUT2D eigenvalue weighted by Crippen LogP contribution is -2.17. The zero-order valence-corrected chi connectivity index (χ0v) is 9.86. The topological polar surface area (TPSA) is 52.6 Å². The summed E-state index contributed by atoms with van der Waals surface area (Å²) in [4.78, 5) is 22.9. The van der Waals surface area contributed by atoms with Crippen molar-refractivity contribution >= 4 is 11.9 Å². The Morgan fingerprint density at radius 2 is 2.29 bits per heavy atom. The number of hydrogen-bond donors (Lipinski definition) is 0. The van der Waals surface area contributed by atoms with E-state index < -0.39 is 0 Å². The summed E-state index contributed by atoms with van der Waals surface area (Å²) < 4.78 is 10.1. The van der Waals surface area contributed by atoms with Crippen LogP contribution in [0.4, 0.5) is 0 Å². The predicted octanol–water partition coefficient (Wildman–Crippen LogP) is 2.31. The van der Waals surface area contributed by atoms with E-state index in [-0.39, 0.29) is 17.9 Å². The number of benzene rings is 1. The quantitative estimate of drug-likeness (QED) is 0.595. The van der Waals surface area contributed by atoms with E-state index in [0.717, 1.165) is 12.0 Å². The molecule has 4 heteroatoms. The van der Waals surface area contributed by atoms with Crippen LogP contribution >= 0.6 is 0 Å². The molecule has 0 bridgehead atoms. The van der Waals surface area contributed by atoms with Crippen LogP contribution in [0.15, 0.2) is 18.2 Å². The maximum atomic E-state index is 11.6. The van der Waals surface area contributed by atoms with Crippen molar-refractivity contribution in [1.29, 1.82) is 0 Å². The average Bonchev–Trinajstić information content (AvgIpc) is 2.70. The Labute approximate surface area is 99.5 Å². The van der Waals surface area contributed by atoms with Crippen molar-refractivity contribution in [2.75, 3.05) is 0 Å². The first-order valence-corrected chi connectivity index (χ1v) is 5.63. The van der Waals surface area contributed by atoms with E-state index in [4.69, 9.17) is 9.47 Å². The molecule has 1 aliphatic rings. The monoisotopic (exact) mass is 234 g/mol. The molecule has 4 nitrogen and oxygen atoms in total. The highest BCUT2D eigenvalue weighted by Gasteiger charge is 2.22. The second-order valence-electron chi connectivity index (χ2n) is 4.13. The molecule has 17 heavy (non-hydrogen) atoms. The Morgan fingerprint density at radius 1 is 1.53 bits per heavy atom. The van der Waals surface area contributed by atoms with E-state index in [0.29, 0.717) is 17.9 Å². The van der Waals surface area contributed by atoms with Gasteiger partial charge < -0.3 is 9.47 Å². The van der Waals surface area contributed by atoms with Gasteiger partial charge in [0.05, 0.1) is 11.5 Å². The van der Waals surface area contributed by atoms with E-state index in [2.05, 4.69) is 0 Å². The number of cyclic esters (lactones) is 1. The van der Waals surface area contributed by atoms with Gasteiger partial charge in [-0.15, -0.1) is 0 Å². The molecule has 0 radical (unpaired) electrons. The molecule has 0 N–H and O–H groups in total. The Hall–Kier alpha value is -1.84. The van der Waals surface area contributed by atoms with Crippen LogP contribution in [0.5, 0.6) is 5.75 Å². The summed E-state index contributed by atoms with van der Waals surface area (Å²) in [5, 5.41) is 0. The van der Waals surface area contributed by atoms with E-state index in [1.807, 2.05) is 13.8 Å². The number of carbonyl (C=O) groups excluding carboxylic acids is 2. The fraction of sp³-hybridized carbons (Fsp3) is 0.385. The van der Waals surface area contributed by atoms with Crippen molar-refractivity contribution in [2.45, 2.75) is 26.9 Å². The summed E-state index contributed by atoms with van der Waals surface area (Å²) >= 11 is 0. The van der Waals surface area contributed by atoms with Crippen molar-refractivity contribution in [1.82, 2.24) is 0 Å². The molecule has 0 saturated carbocycles. The van der Waals surface area contributed by atoms with Crippen molar-refractivity contribution in [3.8, 4) is 5.75 Å². The molecule has 1 unspecified atom stereocenters. The van der Waals surface area contributed by atoms with Gasteiger partial charge in [-0.2, -0.15) is 0 Å². The number of hydrogen-bond acceptors (Lipinski definition) is 4. The van der Waals surface area contributed by atoms with Gasteiger partial charge in [-0.05, 0) is 18.6 Å². The zero-order valence-electron chi connectivity index (χ0n) is 9.86. The van der Waals surface area contributed by atoms with Gasteiger partial charge >= 0.3 is 11.9 Å². The van der Waals surface area contributed by atoms with E-state index in [9.17, 15) is 9.59 Å². The second kappa shape index (κ2) is 4.57. The van der Waals surface area contributed by atoms with E-state index in [1.54, 1.807) is 18.2 Å². The van der Waals surface area contributed by atoms with Gasteiger partial charge in [0.2, 0.25) is 0 Å². The fourth-order valence-corrected chi connectivity index (χ4v) is 1.54. The Morgan fingerprint density at radius 3 is 3.00 bits per heavy atom. The van der Waals surface area contributed by atoms with Crippen LogP contribution in [0.25, 0.3) is 0 Å². The SMILES string of the molecule is CCC(C)C(=O)Oc1ccc2c(c1)C(=O)OC2. The van der Waals surface area contributed by atoms with Crippen LogP contribution in [-0.4, -0.2) is 11.9 Å². The first kappa shape index (κ1) is 11.6. The van der Waals surface area contributed by atoms with Crippen LogP contribution in [0.2, 0.25) is 0 Å².